The Bertz CT molecular complexity index is 1890. The highest BCUT2D eigenvalue weighted by Crippen LogP contribution is 2.45. The molecule has 0 spiro atoms. The fourth-order valence-electron chi connectivity index (χ4n) is 11.7. The van der Waals surface area contributed by atoms with E-state index in [1.54, 1.807) is 92.7 Å². The van der Waals surface area contributed by atoms with Crippen molar-refractivity contribution >= 4 is 11.9 Å². The summed E-state index contributed by atoms with van der Waals surface area (Å²) in [4.78, 5) is 27.4. The summed E-state index contributed by atoms with van der Waals surface area (Å²) in [5.74, 6) is -9.83. The second-order valence-corrected chi connectivity index (χ2v) is 22.1. The summed E-state index contributed by atoms with van der Waals surface area (Å²) in [7, 11) is 0. The summed E-state index contributed by atoms with van der Waals surface area (Å²) in [6, 6.07) is 0. The van der Waals surface area contributed by atoms with Crippen molar-refractivity contribution in [1.29, 1.82) is 0 Å². The Hall–Kier alpha value is -2.66. The molecule has 18 nitrogen and oxygen atoms in total. The van der Waals surface area contributed by atoms with Crippen LogP contribution in [0, 0.1) is 47.3 Å². The van der Waals surface area contributed by atoms with Crippen molar-refractivity contribution in [3.05, 3.63) is 48.1 Å². The normalized spacial score (nSPS) is 46.0. The number of allylic oxidation sites excluding steroid dienone is 4. The molecule has 0 aromatic heterocycles. The molecule has 418 valence electrons. The first kappa shape index (κ1) is 61.2. The number of carbonyl (C=O) groups is 2. The van der Waals surface area contributed by atoms with Crippen molar-refractivity contribution < 1.29 is 88.3 Å². The maximum absolute atomic E-state index is 13.9. The summed E-state index contributed by atoms with van der Waals surface area (Å²) < 4.78 is 49.3. The van der Waals surface area contributed by atoms with E-state index < -0.39 is 157 Å². The lowest BCUT2D eigenvalue weighted by Crippen LogP contribution is -2.59. The third kappa shape index (κ3) is 14.7. The molecular weight excluding hydrogens is 949 g/mol. The molecule has 0 radical (unpaired) electrons. The number of aliphatic hydroxyl groups is 8. The number of ether oxygens (including phenoxy) is 8. The molecule has 26 atom stereocenters. The second-order valence-electron chi connectivity index (χ2n) is 22.1. The fourth-order valence-corrected chi connectivity index (χ4v) is 11.7. The Labute approximate surface area is 432 Å². The molecule has 0 aliphatic carbocycles. The standard InChI is InChI=1S/C55H90O18/c1-14-38-34(10)72-54(64,25-42(38)68-45-23-40(56)49(61)36(12)66-45)32(8)47(59)30(6)51-28(4)20-18-21-29(5)53(63)71-52(27(3)19-16-17-22-44(58)70-51)31(7)48(60)33(9)55(65)26-43(39(15-2)35(11)73-55)69-46-24-41(57)50(62)37(13)67-46/h16-22,27-28,30-43,45-52,56-57,59-62,64-65H,14-15,23-26H2,1-13H3/b19-16+,20-18+,22-17+,29-21-/t27-,28+,30-,31-,32-,33-,34+,35+,36-,37-,38+,39+,40-,41-,42+,43+,45-,46-,47+,48+,49+,50+,51-,52-,54+,55+/m0/s1. The molecular formula is C55H90O18. The Morgan fingerprint density at radius 1 is 0.630 bits per heavy atom. The molecule has 0 unspecified atom stereocenters. The van der Waals surface area contributed by atoms with E-state index in [2.05, 4.69) is 0 Å². The number of rotatable bonds is 14. The minimum Gasteiger partial charge on any atom is -0.458 e. The van der Waals surface area contributed by atoms with Gasteiger partial charge in [-0.1, -0.05) is 91.8 Å². The Kier molecular flexibility index (Phi) is 21.9. The number of esters is 2. The summed E-state index contributed by atoms with van der Waals surface area (Å²) in [6.07, 6.45) is -1.42. The Balaban J connectivity index is 1.31. The summed E-state index contributed by atoms with van der Waals surface area (Å²) in [5.41, 5.74) is 0.235. The molecule has 0 amide bonds. The van der Waals surface area contributed by atoms with Gasteiger partial charge >= 0.3 is 11.9 Å². The average Bonchev–Trinajstić information content (AvgIpc) is 3.32. The van der Waals surface area contributed by atoms with Gasteiger partial charge in [-0.2, -0.15) is 0 Å². The lowest BCUT2D eigenvalue weighted by atomic mass is 9.76. The van der Waals surface area contributed by atoms with E-state index in [4.69, 9.17) is 37.9 Å². The van der Waals surface area contributed by atoms with E-state index in [9.17, 15) is 50.4 Å². The van der Waals surface area contributed by atoms with Gasteiger partial charge in [0.25, 0.3) is 0 Å². The van der Waals surface area contributed by atoms with Crippen LogP contribution < -0.4 is 0 Å². The van der Waals surface area contributed by atoms with Crippen LogP contribution in [-0.4, -0.2) is 162 Å². The monoisotopic (exact) mass is 1040 g/mol. The highest BCUT2D eigenvalue weighted by atomic mass is 16.7. The lowest BCUT2D eigenvalue weighted by Gasteiger charge is -2.50. The smallest absolute Gasteiger partial charge is 0.334 e. The molecule has 5 rings (SSSR count). The quantitative estimate of drug-likeness (QED) is 0.111. The fraction of sp³-hybridized carbons (Fsp3) is 0.818. The zero-order valence-corrected chi connectivity index (χ0v) is 45.3. The maximum Gasteiger partial charge on any atom is 0.334 e. The van der Waals surface area contributed by atoms with E-state index in [0.717, 1.165) is 0 Å². The molecule has 0 aromatic rings. The van der Waals surface area contributed by atoms with Gasteiger partial charge in [-0.05, 0) is 47.5 Å². The SMILES string of the molecule is CC[C@@H]1[C@@H](C)O[C@@](O)([C@@H](C)[C@H](O)[C@H](C)[C@H]2OC(=O)/C=C/C=C/[C@H](C)[C@@H]([C@@H](C)[C@@H](O)[C@H](C)[C@@]3(O)C[C@@H](O[C@H]4C[C@H](O)[C@H](O)[C@H](C)O4)[C@H](CC)[C@@H](C)O3)OC(=O)/C(C)=C\C=C\[C@H]2C)C[C@H]1O[C@H]1C[C@H](O)[C@H](O)[C@H](C)O1. The van der Waals surface area contributed by atoms with Crippen molar-refractivity contribution in [2.45, 2.75) is 238 Å². The molecule has 8 N–H and O–H groups in total. The van der Waals surface area contributed by atoms with Crippen LogP contribution in [0.3, 0.4) is 0 Å². The molecule has 0 aromatic carbocycles. The minimum atomic E-state index is -1.88. The van der Waals surface area contributed by atoms with Crippen molar-refractivity contribution in [3.63, 3.8) is 0 Å². The van der Waals surface area contributed by atoms with E-state index in [0.29, 0.717) is 12.8 Å². The predicted octanol–water partition coefficient (Wildman–Crippen LogP) is 4.51. The first-order valence-corrected chi connectivity index (χ1v) is 26.8. The van der Waals surface area contributed by atoms with Gasteiger partial charge in [0.05, 0.1) is 61.0 Å². The van der Waals surface area contributed by atoms with Crippen molar-refractivity contribution in [1.82, 2.24) is 0 Å². The predicted molar refractivity (Wildman–Crippen MR) is 267 cm³/mol. The van der Waals surface area contributed by atoms with Crippen LogP contribution in [0.15, 0.2) is 48.1 Å². The topological polar surface area (TPSA) is 270 Å². The van der Waals surface area contributed by atoms with Crippen LogP contribution in [-0.2, 0) is 47.5 Å². The third-order valence-corrected chi connectivity index (χ3v) is 16.8. The zero-order valence-electron chi connectivity index (χ0n) is 45.3. The molecule has 5 aliphatic rings. The van der Waals surface area contributed by atoms with Gasteiger partial charge < -0.3 is 78.7 Å². The third-order valence-electron chi connectivity index (χ3n) is 16.8. The summed E-state index contributed by atoms with van der Waals surface area (Å²) in [6.45, 7) is 22.9. The highest BCUT2D eigenvalue weighted by molar-refractivity contribution is 5.88. The Morgan fingerprint density at radius 3 is 1.45 bits per heavy atom. The molecule has 5 aliphatic heterocycles. The molecule has 4 saturated heterocycles. The summed E-state index contributed by atoms with van der Waals surface area (Å²) >= 11 is 0. The van der Waals surface area contributed by atoms with Crippen LogP contribution in [0.4, 0.5) is 0 Å². The van der Waals surface area contributed by atoms with Crippen LogP contribution in [0.25, 0.3) is 0 Å². The number of hydrogen-bond donors (Lipinski definition) is 8. The minimum absolute atomic E-state index is 0.0271. The Morgan fingerprint density at radius 2 is 1.04 bits per heavy atom. The highest BCUT2D eigenvalue weighted by Gasteiger charge is 2.54. The number of aliphatic hydroxyl groups excluding tert-OH is 6. The van der Waals surface area contributed by atoms with Gasteiger partial charge in [0, 0.05) is 84.7 Å². The van der Waals surface area contributed by atoms with Crippen LogP contribution in [0.2, 0.25) is 0 Å². The number of hydrogen-bond acceptors (Lipinski definition) is 18. The van der Waals surface area contributed by atoms with Gasteiger partial charge in [0.15, 0.2) is 24.2 Å². The van der Waals surface area contributed by atoms with Crippen molar-refractivity contribution in [2.24, 2.45) is 47.3 Å². The summed E-state index contributed by atoms with van der Waals surface area (Å²) in [5, 5.41) is 89.8. The van der Waals surface area contributed by atoms with Crippen molar-refractivity contribution in [3.8, 4) is 0 Å². The van der Waals surface area contributed by atoms with Crippen LogP contribution in [0.1, 0.15) is 129 Å². The van der Waals surface area contributed by atoms with Gasteiger partial charge in [0.2, 0.25) is 0 Å². The maximum atomic E-state index is 13.9. The lowest BCUT2D eigenvalue weighted by molar-refractivity contribution is -0.345. The van der Waals surface area contributed by atoms with Gasteiger partial charge in [0.1, 0.15) is 24.4 Å². The van der Waals surface area contributed by atoms with Crippen LogP contribution in [0.5, 0.6) is 0 Å². The van der Waals surface area contributed by atoms with Crippen LogP contribution >= 0.6 is 0 Å². The zero-order chi connectivity index (χ0) is 54.4. The molecule has 4 fully saturated rings. The van der Waals surface area contributed by atoms with Gasteiger partial charge in [-0.25, -0.2) is 9.59 Å². The van der Waals surface area contributed by atoms with E-state index in [-0.39, 0.29) is 43.1 Å². The number of cyclic esters (lactones) is 2. The second kappa shape index (κ2) is 26.1. The first-order valence-electron chi connectivity index (χ1n) is 26.8. The molecule has 5 heterocycles. The molecule has 0 bridgehead atoms. The van der Waals surface area contributed by atoms with Gasteiger partial charge in [-0.15, -0.1) is 0 Å². The molecule has 18 heteroatoms. The van der Waals surface area contributed by atoms with Gasteiger partial charge in [-0.3, -0.25) is 0 Å². The average molecular weight is 1040 g/mol. The molecule has 0 saturated carbocycles. The van der Waals surface area contributed by atoms with E-state index in [1.807, 2.05) is 27.7 Å². The number of carbonyl (C=O) groups excluding carboxylic acids is 2. The van der Waals surface area contributed by atoms with E-state index >= 15 is 0 Å². The van der Waals surface area contributed by atoms with Crippen molar-refractivity contribution in [2.75, 3.05) is 0 Å². The first-order chi connectivity index (χ1) is 34.2. The molecule has 73 heavy (non-hydrogen) atoms. The largest absolute Gasteiger partial charge is 0.458 e. The van der Waals surface area contributed by atoms with E-state index in [1.165, 1.54) is 12.2 Å².